The number of hydrogen-bond acceptors (Lipinski definition) is 1. The van der Waals surface area contributed by atoms with Gasteiger partial charge in [0.15, 0.2) is 0 Å². The molecule has 1 heteroatoms. The molecule has 1 aromatic rings. The van der Waals surface area contributed by atoms with E-state index in [0.717, 1.165) is 0 Å². The molecule has 0 aliphatic heterocycles. The maximum atomic E-state index is 2.22. The first kappa shape index (κ1) is 8.52. The van der Waals surface area contributed by atoms with Crippen LogP contribution in [0.2, 0.25) is 0 Å². The Balaban J connectivity index is 2.43. The molecule has 1 nitrogen and oxygen atoms in total. The number of hydrogen-bond donors (Lipinski definition) is 0. The fourth-order valence-corrected chi connectivity index (χ4v) is 1.75. The van der Waals surface area contributed by atoms with E-state index < -0.39 is 0 Å². The van der Waals surface area contributed by atoms with Crippen LogP contribution < -0.4 is 0 Å². The van der Waals surface area contributed by atoms with Gasteiger partial charge in [0, 0.05) is 12.5 Å². The molecule has 0 heterocycles. The molecule has 2 rings (SSSR count). The van der Waals surface area contributed by atoms with Gasteiger partial charge in [0.2, 0.25) is 0 Å². The van der Waals surface area contributed by atoms with E-state index >= 15 is 0 Å². The molecule has 0 aromatic heterocycles. The van der Waals surface area contributed by atoms with Crippen LogP contribution in [0.25, 0.3) is 6.08 Å². The minimum Gasteiger partial charge on any atom is -0.302 e. The summed E-state index contributed by atoms with van der Waals surface area (Å²) < 4.78 is 0. The van der Waals surface area contributed by atoms with Gasteiger partial charge in [0.05, 0.1) is 0 Å². The molecule has 0 amide bonds. The standard InChI is InChI=1S/C12H14N/c1-13(2)12-9-5-7-10-6-3-4-8-11(10)12/h3-9,12H,1-2H3. The molecule has 0 saturated heterocycles. The van der Waals surface area contributed by atoms with Crippen LogP contribution in [-0.4, -0.2) is 19.0 Å². The summed E-state index contributed by atoms with van der Waals surface area (Å²) in [4.78, 5) is 2.22. The molecular formula is C12H14N. The summed E-state index contributed by atoms with van der Waals surface area (Å²) >= 11 is 0. The van der Waals surface area contributed by atoms with E-state index in [9.17, 15) is 0 Å². The molecule has 0 saturated carbocycles. The van der Waals surface area contributed by atoms with Crippen LogP contribution >= 0.6 is 0 Å². The monoisotopic (exact) mass is 172 g/mol. The van der Waals surface area contributed by atoms with Crippen molar-refractivity contribution in [2.75, 3.05) is 14.1 Å². The SMILES string of the molecule is CN(C)C1[CH]C=Cc2ccccc21. The van der Waals surface area contributed by atoms with Gasteiger partial charge < -0.3 is 4.90 Å². The molecule has 67 valence electrons. The third-order valence-corrected chi connectivity index (χ3v) is 2.44. The Morgan fingerprint density at radius 1 is 1.15 bits per heavy atom. The van der Waals surface area contributed by atoms with Crippen LogP contribution in [0.3, 0.4) is 0 Å². The Hall–Kier alpha value is -1.08. The highest BCUT2D eigenvalue weighted by molar-refractivity contribution is 5.59. The highest BCUT2D eigenvalue weighted by Crippen LogP contribution is 2.29. The maximum Gasteiger partial charge on any atom is 0.0417 e. The van der Waals surface area contributed by atoms with E-state index in [1.807, 2.05) is 0 Å². The molecule has 1 atom stereocenters. The lowest BCUT2D eigenvalue weighted by Crippen LogP contribution is -2.21. The fraction of sp³-hybridized carbons (Fsp3) is 0.250. The van der Waals surface area contributed by atoms with Crippen molar-refractivity contribution in [2.24, 2.45) is 0 Å². The highest BCUT2D eigenvalue weighted by atomic mass is 15.1. The fourth-order valence-electron chi connectivity index (χ4n) is 1.75. The van der Waals surface area contributed by atoms with Crippen molar-refractivity contribution >= 4 is 6.08 Å². The van der Waals surface area contributed by atoms with Crippen molar-refractivity contribution in [2.45, 2.75) is 6.04 Å². The highest BCUT2D eigenvalue weighted by Gasteiger charge is 2.17. The van der Waals surface area contributed by atoms with Crippen LogP contribution in [0, 0.1) is 6.42 Å². The summed E-state index contributed by atoms with van der Waals surface area (Å²) in [5, 5.41) is 0. The molecule has 1 radical (unpaired) electrons. The van der Waals surface area contributed by atoms with Crippen molar-refractivity contribution in [1.82, 2.24) is 4.90 Å². The average molecular weight is 172 g/mol. The van der Waals surface area contributed by atoms with Gasteiger partial charge in [0.25, 0.3) is 0 Å². The second-order valence-corrected chi connectivity index (χ2v) is 3.59. The molecule has 0 spiro atoms. The molecule has 1 aliphatic carbocycles. The third-order valence-electron chi connectivity index (χ3n) is 2.44. The first-order chi connectivity index (χ1) is 6.29. The first-order valence-electron chi connectivity index (χ1n) is 4.56. The molecule has 0 fully saturated rings. The predicted molar refractivity (Wildman–Crippen MR) is 56.2 cm³/mol. The normalized spacial score (nSPS) is 20.4. The van der Waals surface area contributed by atoms with Crippen molar-refractivity contribution in [1.29, 1.82) is 0 Å². The topological polar surface area (TPSA) is 3.24 Å². The zero-order valence-corrected chi connectivity index (χ0v) is 8.07. The van der Waals surface area contributed by atoms with Crippen LogP contribution in [0.15, 0.2) is 30.3 Å². The Labute approximate surface area is 79.7 Å². The van der Waals surface area contributed by atoms with E-state index in [0.29, 0.717) is 6.04 Å². The summed E-state index contributed by atoms with van der Waals surface area (Å²) in [5.41, 5.74) is 2.73. The first-order valence-corrected chi connectivity index (χ1v) is 4.56. The molecule has 1 unspecified atom stereocenters. The quantitative estimate of drug-likeness (QED) is 0.629. The van der Waals surface area contributed by atoms with Gasteiger partial charge in [-0.2, -0.15) is 0 Å². The summed E-state index contributed by atoms with van der Waals surface area (Å²) in [6.45, 7) is 0. The summed E-state index contributed by atoms with van der Waals surface area (Å²) in [6, 6.07) is 8.97. The largest absolute Gasteiger partial charge is 0.302 e. The second kappa shape index (κ2) is 3.35. The van der Waals surface area contributed by atoms with E-state index in [1.165, 1.54) is 11.1 Å². The Morgan fingerprint density at radius 3 is 2.69 bits per heavy atom. The van der Waals surface area contributed by atoms with Crippen molar-refractivity contribution in [3.63, 3.8) is 0 Å². The van der Waals surface area contributed by atoms with Crippen LogP contribution in [0.1, 0.15) is 17.2 Å². The smallest absolute Gasteiger partial charge is 0.0417 e. The van der Waals surface area contributed by atoms with Gasteiger partial charge in [0.1, 0.15) is 0 Å². The van der Waals surface area contributed by atoms with Crippen molar-refractivity contribution in [3.05, 3.63) is 47.9 Å². The summed E-state index contributed by atoms with van der Waals surface area (Å²) in [6.07, 6.45) is 6.52. The molecule has 0 N–H and O–H groups in total. The van der Waals surface area contributed by atoms with Gasteiger partial charge in [-0.1, -0.05) is 36.4 Å². The minimum atomic E-state index is 0.432. The number of benzene rings is 1. The number of nitrogens with zero attached hydrogens (tertiary/aromatic N) is 1. The van der Waals surface area contributed by atoms with Gasteiger partial charge in [-0.05, 0) is 25.2 Å². The molecule has 1 aromatic carbocycles. The summed E-state index contributed by atoms with van der Waals surface area (Å²) in [7, 11) is 4.22. The number of rotatable bonds is 1. The zero-order chi connectivity index (χ0) is 9.26. The Kier molecular flexibility index (Phi) is 2.19. The van der Waals surface area contributed by atoms with E-state index in [4.69, 9.17) is 0 Å². The minimum absolute atomic E-state index is 0.432. The maximum absolute atomic E-state index is 2.22. The average Bonchev–Trinajstić information content (AvgIpc) is 2.17. The lowest BCUT2D eigenvalue weighted by molar-refractivity contribution is 0.337. The van der Waals surface area contributed by atoms with E-state index in [1.54, 1.807) is 0 Å². The van der Waals surface area contributed by atoms with E-state index in [2.05, 4.69) is 61.8 Å². The lowest BCUT2D eigenvalue weighted by atomic mass is 9.92. The molecule has 13 heavy (non-hydrogen) atoms. The van der Waals surface area contributed by atoms with Crippen LogP contribution in [0.4, 0.5) is 0 Å². The zero-order valence-electron chi connectivity index (χ0n) is 8.07. The predicted octanol–water partition coefficient (Wildman–Crippen LogP) is 2.52. The number of fused-ring (bicyclic) bond motifs is 1. The molecule has 1 aliphatic rings. The summed E-state index contributed by atoms with van der Waals surface area (Å²) in [5.74, 6) is 0. The van der Waals surface area contributed by atoms with Crippen LogP contribution in [-0.2, 0) is 0 Å². The Morgan fingerprint density at radius 2 is 1.92 bits per heavy atom. The molecule has 0 bridgehead atoms. The van der Waals surface area contributed by atoms with Gasteiger partial charge in [-0.15, -0.1) is 0 Å². The van der Waals surface area contributed by atoms with Crippen molar-refractivity contribution in [3.8, 4) is 0 Å². The van der Waals surface area contributed by atoms with Gasteiger partial charge in [-0.25, -0.2) is 0 Å². The molecular weight excluding hydrogens is 158 g/mol. The third kappa shape index (κ3) is 1.52. The second-order valence-electron chi connectivity index (χ2n) is 3.59. The lowest BCUT2D eigenvalue weighted by Gasteiger charge is -2.27. The Bertz CT molecular complexity index is 326. The van der Waals surface area contributed by atoms with Crippen LogP contribution in [0.5, 0.6) is 0 Å². The van der Waals surface area contributed by atoms with Crippen molar-refractivity contribution < 1.29 is 0 Å². The van der Waals surface area contributed by atoms with E-state index in [-0.39, 0.29) is 0 Å². The van der Waals surface area contributed by atoms with Gasteiger partial charge in [-0.3, -0.25) is 0 Å². The van der Waals surface area contributed by atoms with Gasteiger partial charge >= 0.3 is 0 Å².